The highest BCUT2D eigenvalue weighted by atomic mass is 79.9. The molecule has 7 heteroatoms. The van der Waals surface area contributed by atoms with E-state index in [0.29, 0.717) is 11.3 Å². The van der Waals surface area contributed by atoms with E-state index in [0.717, 1.165) is 4.47 Å². The van der Waals surface area contributed by atoms with E-state index in [4.69, 9.17) is 4.42 Å². The third-order valence-electron chi connectivity index (χ3n) is 4.73. The number of aliphatic hydroxyl groups is 1. The van der Waals surface area contributed by atoms with Crippen LogP contribution in [0.5, 0.6) is 0 Å². The number of hydrogen-bond acceptors (Lipinski definition) is 4. The van der Waals surface area contributed by atoms with E-state index < -0.39 is 23.5 Å². The van der Waals surface area contributed by atoms with Crippen LogP contribution in [0.4, 0.5) is 4.39 Å². The second-order valence-electron chi connectivity index (χ2n) is 6.57. The molecular formula is C22H15BrFNO4. The fraction of sp³-hybridized carbons (Fsp3) is 0.0909. The number of aliphatic hydroxyl groups excluding tert-OH is 1. The predicted octanol–water partition coefficient (Wildman–Crippen LogP) is 4.80. The molecule has 0 aliphatic carbocycles. The number of furan rings is 1. The lowest BCUT2D eigenvalue weighted by Gasteiger charge is -2.24. The Morgan fingerprint density at radius 3 is 2.52 bits per heavy atom. The smallest absolute Gasteiger partial charge is 0.296 e. The Bertz CT molecular complexity index is 1110. The Hall–Kier alpha value is -3.19. The summed E-state index contributed by atoms with van der Waals surface area (Å²) in [5.74, 6) is -1.86. The van der Waals surface area contributed by atoms with Crippen molar-refractivity contribution in [2.45, 2.75) is 12.6 Å². The van der Waals surface area contributed by atoms with E-state index in [9.17, 15) is 19.1 Å². The number of likely N-dealkylation sites (tertiary alicyclic amines) is 1. The van der Waals surface area contributed by atoms with E-state index in [1.807, 2.05) is 6.07 Å². The van der Waals surface area contributed by atoms with Gasteiger partial charge in [-0.1, -0.05) is 28.1 Å². The number of carbonyl (C=O) groups excluding carboxylic acids is 2. The van der Waals surface area contributed by atoms with Gasteiger partial charge < -0.3 is 14.4 Å². The summed E-state index contributed by atoms with van der Waals surface area (Å²) >= 11 is 3.40. The molecule has 1 fully saturated rings. The first-order valence-corrected chi connectivity index (χ1v) is 9.57. The third-order valence-corrected chi connectivity index (χ3v) is 5.22. The van der Waals surface area contributed by atoms with Gasteiger partial charge in [-0.2, -0.15) is 0 Å². The van der Waals surface area contributed by atoms with Gasteiger partial charge in [0.1, 0.15) is 17.3 Å². The molecule has 146 valence electrons. The molecule has 4 rings (SSSR count). The highest BCUT2D eigenvalue weighted by Crippen LogP contribution is 2.40. The first-order valence-electron chi connectivity index (χ1n) is 8.78. The topological polar surface area (TPSA) is 70.8 Å². The minimum atomic E-state index is -0.817. The van der Waals surface area contributed by atoms with Crippen LogP contribution in [-0.4, -0.2) is 21.7 Å². The summed E-state index contributed by atoms with van der Waals surface area (Å²) in [5, 5.41) is 10.9. The van der Waals surface area contributed by atoms with Crippen molar-refractivity contribution in [3.05, 3.63) is 99.7 Å². The van der Waals surface area contributed by atoms with Gasteiger partial charge >= 0.3 is 0 Å². The average molecular weight is 456 g/mol. The zero-order valence-corrected chi connectivity index (χ0v) is 16.6. The van der Waals surface area contributed by atoms with Gasteiger partial charge in [0.2, 0.25) is 0 Å². The standard InChI is InChI=1S/C22H15BrFNO4/c23-15-4-1-3-14(11-15)19-18(20(26)13-6-8-16(24)9-7-13)21(27)22(28)25(19)12-17-5-2-10-29-17/h1-11,19,26H,12H2. The van der Waals surface area contributed by atoms with Crippen molar-refractivity contribution in [1.29, 1.82) is 0 Å². The zero-order chi connectivity index (χ0) is 20.5. The molecule has 1 N–H and O–H groups in total. The molecule has 1 aliphatic rings. The highest BCUT2D eigenvalue weighted by molar-refractivity contribution is 9.10. The monoisotopic (exact) mass is 455 g/mol. The van der Waals surface area contributed by atoms with Crippen LogP contribution in [-0.2, 0) is 16.1 Å². The van der Waals surface area contributed by atoms with Gasteiger partial charge in [0.15, 0.2) is 0 Å². The number of hydrogen-bond donors (Lipinski definition) is 1. The second kappa shape index (κ2) is 7.67. The molecule has 2 heterocycles. The maximum atomic E-state index is 13.3. The third kappa shape index (κ3) is 3.61. The summed E-state index contributed by atoms with van der Waals surface area (Å²) in [6.45, 7) is 0.0644. The Labute approximate surface area is 174 Å². The highest BCUT2D eigenvalue weighted by Gasteiger charge is 2.46. The van der Waals surface area contributed by atoms with Crippen LogP contribution in [0.25, 0.3) is 5.76 Å². The van der Waals surface area contributed by atoms with Crippen molar-refractivity contribution in [3.63, 3.8) is 0 Å². The molecule has 1 saturated heterocycles. The number of Topliss-reactive ketones (excluding diaryl/α,β-unsaturated/α-hetero) is 1. The molecule has 0 saturated carbocycles. The van der Waals surface area contributed by atoms with E-state index >= 15 is 0 Å². The molecule has 1 aliphatic heterocycles. The summed E-state index contributed by atoms with van der Waals surface area (Å²) in [4.78, 5) is 27.0. The lowest BCUT2D eigenvalue weighted by atomic mass is 9.95. The molecule has 0 spiro atoms. The number of rotatable bonds is 4. The zero-order valence-electron chi connectivity index (χ0n) is 15.0. The lowest BCUT2D eigenvalue weighted by Crippen LogP contribution is -2.29. The number of amides is 1. The van der Waals surface area contributed by atoms with Gasteiger partial charge in [-0.15, -0.1) is 0 Å². The maximum Gasteiger partial charge on any atom is 0.296 e. The molecule has 1 atom stereocenters. The number of halogens is 2. The van der Waals surface area contributed by atoms with Crippen LogP contribution in [0.2, 0.25) is 0 Å². The van der Waals surface area contributed by atoms with Gasteiger partial charge in [-0.05, 0) is 54.1 Å². The number of benzene rings is 2. The average Bonchev–Trinajstić information content (AvgIpc) is 3.30. The Morgan fingerprint density at radius 1 is 1.10 bits per heavy atom. The summed E-state index contributed by atoms with van der Waals surface area (Å²) in [5.41, 5.74) is 0.849. The largest absolute Gasteiger partial charge is 0.507 e. The normalized spacial score (nSPS) is 18.4. The minimum absolute atomic E-state index is 0.0498. The van der Waals surface area contributed by atoms with Crippen LogP contribution < -0.4 is 0 Å². The molecule has 0 radical (unpaired) electrons. The van der Waals surface area contributed by atoms with E-state index in [-0.39, 0.29) is 23.4 Å². The Balaban J connectivity index is 1.87. The Kier molecular flexibility index (Phi) is 5.07. The molecule has 2 aromatic carbocycles. The molecule has 0 bridgehead atoms. The van der Waals surface area contributed by atoms with E-state index in [1.54, 1.807) is 30.3 Å². The van der Waals surface area contributed by atoms with Crippen molar-refractivity contribution in [2.75, 3.05) is 0 Å². The van der Waals surface area contributed by atoms with Crippen molar-refractivity contribution in [3.8, 4) is 0 Å². The molecular weight excluding hydrogens is 441 g/mol. The van der Waals surface area contributed by atoms with Crippen LogP contribution in [0, 0.1) is 5.82 Å². The number of nitrogens with zero attached hydrogens (tertiary/aromatic N) is 1. The SMILES string of the molecule is O=C1C(=O)N(Cc2ccco2)C(c2cccc(Br)c2)C1=C(O)c1ccc(F)cc1. The van der Waals surface area contributed by atoms with Crippen LogP contribution >= 0.6 is 15.9 Å². The van der Waals surface area contributed by atoms with Crippen LogP contribution in [0.3, 0.4) is 0 Å². The van der Waals surface area contributed by atoms with Crippen LogP contribution in [0.1, 0.15) is 22.9 Å². The summed E-state index contributed by atoms with van der Waals surface area (Å²) in [6, 6.07) is 14.8. The molecule has 1 aromatic heterocycles. The van der Waals surface area contributed by atoms with Crippen molar-refractivity contribution < 1.29 is 23.5 Å². The first-order chi connectivity index (χ1) is 14.0. The van der Waals surface area contributed by atoms with Crippen molar-refractivity contribution >= 4 is 33.4 Å². The predicted molar refractivity (Wildman–Crippen MR) is 107 cm³/mol. The summed E-state index contributed by atoms with van der Waals surface area (Å²) in [6.07, 6.45) is 1.48. The fourth-order valence-electron chi connectivity index (χ4n) is 3.40. The Morgan fingerprint density at radius 2 is 1.86 bits per heavy atom. The van der Waals surface area contributed by atoms with E-state index in [2.05, 4.69) is 15.9 Å². The van der Waals surface area contributed by atoms with Gasteiger partial charge in [-0.25, -0.2) is 4.39 Å². The van der Waals surface area contributed by atoms with E-state index in [1.165, 1.54) is 35.4 Å². The van der Waals surface area contributed by atoms with Gasteiger partial charge in [0, 0.05) is 10.0 Å². The summed E-state index contributed by atoms with van der Waals surface area (Å²) < 4.78 is 19.4. The summed E-state index contributed by atoms with van der Waals surface area (Å²) in [7, 11) is 0. The number of ketones is 1. The molecule has 3 aromatic rings. The molecule has 5 nitrogen and oxygen atoms in total. The number of carbonyl (C=O) groups is 2. The minimum Gasteiger partial charge on any atom is -0.507 e. The maximum absolute atomic E-state index is 13.3. The second-order valence-corrected chi connectivity index (χ2v) is 7.48. The fourth-order valence-corrected chi connectivity index (χ4v) is 3.82. The van der Waals surface area contributed by atoms with Gasteiger partial charge in [-0.3, -0.25) is 9.59 Å². The van der Waals surface area contributed by atoms with Crippen molar-refractivity contribution in [2.24, 2.45) is 0 Å². The first kappa shape index (κ1) is 19.1. The van der Waals surface area contributed by atoms with Crippen LogP contribution in [0.15, 0.2) is 81.4 Å². The molecule has 1 amide bonds. The lowest BCUT2D eigenvalue weighted by molar-refractivity contribution is -0.140. The van der Waals surface area contributed by atoms with Crippen molar-refractivity contribution in [1.82, 2.24) is 4.90 Å². The quantitative estimate of drug-likeness (QED) is 0.348. The molecule has 29 heavy (non-hydrogen) atoms. The van der Waals surface area contributed by atoms with Gasteiger partial charge in [0.05, 0.1) is 24.4 Å². The molecule has 1 unspecified atom stereocenters. The van der Waals surface area contributed by atoms with Gasteiger partial charge in [0.25, 0.3) is 11.7 Å².